The number of carbonyl (C=O) groups is 1. The second kappa shape index (κ2) is 9.13. The van der Waals surface area contributed by atoms with Gasteiger partial charge in [0.05, 0.1) is 18.3 Å². The molecule has 1 aromatic heterocycles. The van der Waals surface area contributed by atoms with E-state index in [0.29, 0.717) is 13.2 Å². The van der Waals surface area contributed by atoms with Gasteiger partial charge < -0.3 is 19.8 Å². The van der Waals surface area contributed by atoms with Crippen LogP contribution in [0.15, 0.2) is 47.1 Å². The van der Waals surface area contributed by atoms with Crippen LogP contribution in [0.5, 0.6) is 5.75 Å². The van der Waals surface area contributed by atoms with Gasteiger partial charge in [0.15, 0.2) is 0 Å². The normalized spacial score (nSPS) is 13.3. The molecule has 1 aromatic carbocycles. The highest BCUT2D eigenvalue weighted by Crippen LogP contribution is 2.17. The van der Waals surface area contributed by atoms with Gasteiger partial charge in [0.2, 0.25) is 0 Å². The number of hydrogen-bond acceptors (Lipinski definition) is 4. The third-order valence-electron chi connectivity index (χ3n) is 3.82. The quantitative estimate of drug-likeness (QED) is 0.772. The number of carbonyl (C=O) groups excluding carboxylic acids is 1. The molecule has 2 aromatic rings. The molecular formula is C19H27N3O3. The lowest BCUT2D eigenvalue weighted by molar-refractivity contribution is 0.215. The molecule has 2 unspecified atom stereocenters. The average molecular weight is 345 g/mol. The molecule has 0 bridgehead atoms. The van der Waals surface area contributed by atoms with E-state index in [-0.39, 0.29) is 18.1 Å². The van der Waals surface area contributed by atoms with Gasteiger partial charge in [0.1, 0.15) is 18.1 Å². The molecule has 0 saturated heterocycles. The van der Waals surface area contributed by atoms with Crippen molar-refractivity contribution in [3.8, 4) is 5.75 Å². The van der Waals surface area contributed by atoms with E-state index in [9.17, 15) is 4.79 Å². The number of urea groups is 1. The molecule has 2 atom stereocenters. The zero-order valence-corrected chi connectivity index (χ0v) is 15.3. The van der Waals surface area contributed by atoms with Crippen LogP contribution in [0.3, 0.4) is 0 Å². The Morgan fingerprint density at radius 1 is 1.28 bits per heavy atom. The Morgan fingerprint density at radius 3 is 2.72 bits per heavy atom. The predicted octanol–water partition coefficient (Wildman–Crippen LogP) is 2.96. The van der Waals surface area contributed by atoms with E-state index in [4.69, 9.17) is 9.15 Å². The molecule has 6 heteroatoms. The molecule has 0 aliphatic rings. The molecule has 0 spiro atoms. The van der Waals surface area contributed by atoms with Crippen molar-refractivity contribution in [1.82, 2.24) is 15.5 Å². The number of furan rings is 1. The van der Waals surface area contributed by atoms with Crippen molar-refractivity contribution in [3.05, 3.63) is 54.0 Å². The zero-order valence-electron chi connectivity index (χ0n) is 15.3. The standard InChI is InChI=1S/C19H27N3O3/c1-14-7-5-8-16(11-14)25-13-15(2)21-19(23)20-12-17(22(3)4)18-9-6-10-24-18/h5-11,15,17H,12-13H2,1-4H3,(H2,20,21,23). The number of nitrogens with one attached hydrogen (secondary N) is 2. The van der Waals surface area contributed by atoms with Crippen LogP contribution in [0.25, 0.3) is 0 Å². The third kappa shape index (κ3) is 6.15. The van der Waals surface area contributed by atoms with Crippen molar-refractivity contribution in [2.45, 2.75) is 25.9 Å². The molecule has 1 heterocycles. The summed E-state index contributed by atoms with van der Waals surface area (Å²) in [5.74, 6) is 1.63. The van der Waals surface area contributed by atoms with Crippen LogP contribution in [-0.4, -0.2) is 44.2 Å². The van der Waals surface area contributed by atoms with Crippen LogP contribution in [0.4, 0.5) is 4.79 Å². The summed E-state index contributed by atoms with van der Waals surface area (Å²) in [6.45, 7) is 4.79. The van der Waals surface area contributed by atoms with Gasteiger partial charge in [-0.15, -0.1) is 0 Å². The van der Waals surface area contributed by atoms with E-state index in [0.717, 1.165) is 17.1 Å². The molecule has 136 valence electrons. The minimum atomic E-state index is -0.223. The van der Waals surface area contributed by atoms with Crippen molar-refractivity contribution in [1.29, 1.82) is 0 Å². The van der Waals surface area contributed by atoms with Crippen molar-refractivity contribution >= 4 is 6.03 Å². The first-order valence-corrected chi connectivity index (χ1v) is 8.39. The third-order valence-corrected chi connectivity index (χ3v) is 3.82. The van der Waals surface area contributed by atoms with Gasteiger partial charge in [0.25, 0.3) is 0 Å². The van der Waals surface area contributed by atoms with Crippen molar-refractivity contribution in [3.63, 3.8) is 0 Å². The molecule has 2 N–H and O–H groups in total. The fourth-order valence-corrected chi connectivity index (χ4v) is 2.45. The van der Waals surface area contributed by atoms with Crippen LogP contribution in [0.1, 0.15) is 24.3 Å². The number of amides is 2. The Bertz CT molecular complexity index is 656. The first kappa shape index (κ1) is 18.9. The second-order valence-electron chi connectivity index (χ2n) is 6.38. The minimum Gasteiger partial charge on any atom is -0.491 e. The van der Waals surface area contributed by atoms with E-state index in [1.54, 1.807) is 6.26 Å². The maximum atomic E-state index is 12.1. The Morgan fingerprint density at radius 2 is 2.08 bits per heavy atom. The summed E-state index contributed by atoms with van der Waals surface area (Å²) in [5.41, 5.74) is 1.14. The molecule has 6 nitrogen and oxygen atoms in total. The highest BCUT2D eigenvalue weighted by atomic mass is 16.5. The SMILES string of the molecule is Cc1cccc(OCC(C)NC(=O)NCC(c2ccco2)N(C)C)c1. The van der Waals surface area contributed by atoms with E-state index in [2.05, 4.69) is 10.6 Å². The summed E-state index contributed by atoms with van der Waals surface area (Å²) in [6.07, 6.45) is 1.64. The topological polar surface area (TPSA) is 66.7 Å². The van der Waals surface area contributed by atoms with Crippen molar-refractivity contribution < 1.29 is 13.9 Å². The van der Waals surface area contributed by atoms with E-state index in [1.807, 2.05) is 69.2 Å². The maximum absolute atomic E-state index is 12.1. The van der Waals surface area contributed by atoms with Crippen molar-refractivity contribution in [2.75, 3.05) is 27.2 Å². The van der Waals surface area contributed by atoms with E-state index in [1.165, 1.54) is 0 Å². The first-order chi connectivity index (χ1) is 12.0. The number of benzene rings is 1. The molecule has 0 radical (unpaired) electrons. The maximum Gasteiger partial charge on any atom is 0.315 e. The van der Waals surface area contributed by atoms with Crippen LogP contribution < -0.4 is 15.4 Å². The molecule has 0 aliphatic heterocycles. The van der Waals surface area contributed by atoms with Gasteiger partial charge in [0, 0.05) is 6.54 Å². The summed E-state index contributed by atoms with van der Waals surface area (Å²) < 4.78 is 11.1. The largest absolute Gasteiger partial charge is 0.491 e. The zero-order chi connectivity index (χ0) is 18.2. The molecule has 2 rings (SSSR count). The van der Waals surface area contributed by atoms with Crippen LogP contribution in [-0.2, 0) is 0 Å². The molecular weight excluding hydrogens is 318 g/mol. The van der Waals surface area contributed by atoms with Crippen LogP contribution in [0.2, 0.25) is 0 Å². The Hall–Kier alpha value is -2.47. The molecule has 0 saturated carbocycles. The van der Waals surface area contributed by atoms with Gasteiger partial charge in [-0.25, -0.2) is 4.79 Å². The van der Waals surface area contributed by atoms with Gasteiger partial charge in [-0.05, 0) is 57.8 Å². The fourth-order valence-electron chi connectivity index (χ4n) is 2.45. The number of ether oxygens (including phenoxy) is 1. The number of likely N-dealkylation sites (N-methyl/N-ethyl adjacent to an activating group) is 1. The number of aryl methyl sites for hydroxylation is 1. The molecule has 0 fully saturated rings. The van der Waals surface area contributed by atoms with E-state index < -0.39 is 0 Å². The summed E-state index contributed by atoms with van der Waals surface area (Å²) >= 11 is 0. The fraction of sp³-hybridized carbons (Fsp3) is 0.421. The summed E-state index contributed by atoms with van der Waals surface area (Å²) in [7, 11) is 3.90. The van der Waals surface area contributed by atoms with Gasteiger partial charge in [-0.2, -0.15) is 0 Å². The van der Waals surface area contributed by atoms with Crippen molar-refractivity contribution in [2.24, 2.45) is 0 Å². The number of hydrogen-bond donors (Lipinski definition) is 2. The van der Waals surface area contributed by atoms with Gasteiger partial charge in [-0.3, -0.25) is 4.90 Å². The highest BCUT2D eigenvalue weighted by Gasteiger charge is 2.18. The van der Waals surface area contributed by atoms with E-state index >= 15 is 0 Å². The number of rotatable bonds is 8. The van der Waals surface area contributed by atoms with Gasteiger partial charge >= 0.3 is 6.03 Å². The summed E-state index contributed by atoms with van der Waals surface area (Å²) in [5, 5.41) is 5.76. The summed E-state index contributed by atoms with van der Waals surface area (Å²) in [6, 6.07) is 11.2. The monoisotopic (exact) mass is 345 g/mol. The van der Waals surface area contributed by atoms with Crippen LogP contribution >= 0.6 is 0 Å². The lowest BCUT2D eigenvalue weighted by Gasteiger charge is -2.23. The Labute approximate surface area is 149 Å². The predicted molar refractivity (Wildman–Crippen MR) is 97.8 cm³/mol. The first-order valence-electron chi connectivity index (χ1n) is 8.39. The molecule has 2 amide bonds. The summed E-state index contributed by atoms with van der Waals surface area (Å²) in [4.78, 5) is 14.1. The molecule has 25 heavy (non-hydrogen) atoms. The number of nitrogens with zero attached hydrogens (tertiary/aromatic N) is 1. The smallest absolute Gasteiger partial charge is 0.315 e. The second-order valence-corrected chi connectivity index (χ2v) is 6.38. The highest BCUT2D eigenvalue weighted by molar-refractivity contribution is 5.74. The Balaban J connectivity index is 1.75. The average Bonchev–Trinajstić information content (AvgIpc) is 3.07. The van der Waals surface area contributed by atoms with Crippen LogP contribution in [0, 0.1) is 6.92 Å². The lowest BCUT2D eigenvalue weighted by atomic mass is 10.2. The lowest BCUT2D eigenvalue weighted by Crippen LogP contribution is -2.45. The Kier molecular flexibility index (Phi) is 6.89. The minimum absolute atomic E-state index is 0.0143. The molecule has 0 aliphatic carbocycles. The van der Waals surface area contributed by atoms with Gasteiger partial charge in [-0.1, -0.05) is 12.1 Å².